The summed E-state index contributed by atoms with van der Waals surface area (Å²) in [7, 11) is 0. The number of Topliss-reactive ketones (excluding diaryl/α,β-unsaturated/α-hetero) is 1. The first-order chi connectivity index (χ1) is 11.7. The topological polar surface area (TPSA) is 61.1 Å². The summed E-state index contributed by atoms with van der Waals surface area (Å²) in [5, 5.41) is 18.2. The number of hydrogen-bond acceptors (Lipinski definition) is 3. The van der Waals surface area contributed by atoms with E-state index in [1.807, 2.05) is 0 Å². The fourth-order valence-electron chi connectivity index (χ4n) is 3.40. The van der Waals surface area contributed by atoms with Gasteiger partial charge < -0.3 is 5.11 Å². The van der Waals surface area contributed by atoms with Gasteiger partial charge in [-0.2, -0.15) is 5.26 Å². The van der Waals surface area contributed by atoms with E-state index in [2.05, 4.69) is 26.0 Å². The number of hydrogen-bond donors (Lipinski definition) is 1. The Morgan fingerprint density at radius 3 is 2.71 bits per heavy atom. The molecule has 0 heterocycles. The monoisotopic (exact) mass is 331 g/mol. The van der Waals surface area contributed by atoms with Gasteiger partial charge in [-0.05, 0) is 50.0 Å². The minimum absolute atomic E-state index is 0.00294. The van der Waals surface area contributed by atoms with Crippen LogP contribution in [0.3, 0.4) is 0 Å². The van der Waals surface area contributed by atoms with Crippen molar-refractivity contribution in [2.24, 2.45) is 5.92 Å². The highest BCUT2D eigenvalue weighted by molar-refractivity contribution is 6.00. The SMILES string of the molecule is CCCCC(CC)CCC1=C/C(=C(/C#N)C(=O)CCCO)CCC1. The summed E-state index contributed by atoms with van der Waals surface area (Å²) in [6, 6.07) is 2.11. The fraction of sp³-hybridized carbons (Fsp3) is 0.714. The Hall–Kier alpha value is -1.40. The predicted molar refractivity (Wildman–Crippen MR) is 98.4 cm³/mol. The van der Waals surface area contributed by atoms with Gasteiger partial charge in [-0.3, -0.25) is 4.79 Å². The average Bonchev–Trinajstić information content (AvgIpc) is 2.61. The van der Waals surface area contributed by atoms with E-state index >= 15 is 0 Å². The molecular weight excluding hydrogens is 298 g/mol. The summed E-state index contributed by atoms with van der Waals surface area (Å²) < 4.78 is 0. The van der Waals surface area contributed by atoms with E-state index in [-0.39, 0.29) is 18.8 Å². The molecule has 0 spiro atoms. The van der Waals surface area contributed by atoms with Gasteiger partial charge in [0.05, 0.1) is 5.57 Å². The maximum Gasteiger partial charge on any atom is 0.173 e. The molecule has 134 valence electrons. The van der Waals surface area contributed by atoms with Crippen molar-refractivity contribution >= 4 is 5.78 Å². The number of rotatable bonds is 11. The molecule has 1 N–H and O–H groups in total. The Morgan fingerprint density at radius 2 is 2.08 bits per heavy atom. The Morgan fingerprint density at radius 1 is 1.29 bits per heavy atom. The summed E-state index contributed by atoms with van der Waals surface area (Å²) >= 11 is 0. The van der Waals surface area contributed by atoms with Crippen LogP contribution in [-0.2, 0) is 4.79 Å². The van der Waals surface area contributed by atoms with Crippen LogP contribution in [0.5, 0.6) is 0 Å². The molecule has 1 unspecified atom stereocenters. The average molecular weight is 332 g/mol. The number of aliphatic hydroxyl groups excluding tert-OH is 1. The molecule has 1 aliphatic carbocycles. The van der Waals surface area contributed by atoms with Gasteiger partial charge in [-0.15, -0.1) is 0 Å². The minimum atomic E-state index is -0.117. The van der Waals surface area contributed by atoms with Gasteiger partial charge in [0.2, 0.25) is 0 Å². The third kappa shape index (κ3) is 7.01. The smallest absolute Gasteiger partial charge is 0.173 e. The van der Waals surface area contributed by atoms with Crippen LogP contribution in [0.4, 0.5) is 0 Å². The van der Waals surface area contributed by atoms with Crippen LogP contribution in [0.25, 0.3) is 0 Å². The van der Waals surface area contributed by atoms with Gasteiger partial charge in [0.1, 0.15) is 6.07 Å². The summed E-state index contributed by atoms with van der Waals surface area (Å²) in [5.41, 5.74) is 2.64. The van der Waals surface area contributed by atoms with Crippen LogP contribution in [0.15, 0.2) is 22.8 Å². The fourth-order valence-corrected chi connectivity index (χ4v) is 3.40. The van der Waals surface area contributed by atoms with Crippen molar-refractivity contribution in [2.45, 2.75) is 84.5 Å². The highest BCUT2D eigenvalue weighted by Gasteiger charge is 2.17. The van der Waals surface area contributed by atoms with E-state index in [1.165, 1.54) is 37.7 Å². The van der Waals surface area contributed by atoms with E-state index in [0.29, 0.717) is 12.0 Å². The molecule has 0 aromatic rings. The molecule has 0 aromatic carbocycles. The quantitative estimate of drug-likeness (QED) is 0.415. The summed E-state index contributed by atoms with van der Waals surface area (Å²) in [6.07, 6.45) is 13.2. The number of nitrogens with zero attached hydrogens (tertiary/aromatic N) is 1. The minimum Gasteiger partial charge on any atom is -0.396 e. The van der Waals surface area contributed by atoms with Crippen LogP contribution in [0, 0.1) is 17.2 Å². The third-order valence-electron chi connectivity index (χ3n) is 5.01. The molecule has 3 heteroatoms. The predicted octanol–water partition coefficient (Wildman–Crippen LogP) is 5.26. The van der Waals surface area contributed by atoms with E-state index in [1.54, 1.807) is 0 Å². The first-order valence-corrected chi connectivity index (χ1v) is 9.62. The van der Waals surface area contributed by atoms with Crippen LogP contribution in [0.1, 0.15) is 84.5 Å². The molecule has 0 radical (unpaired) electrons. The van der Waals surface area contributed by atoms with Crippen molar-refractivity contribution in [2.75, 3.05) is 6.61 Å². The second kappa shape index (κ2) is 12.0. The highest BCUT2D eigenvalue weighted by atomic mass is 16.3. The lowest BCUT2D eigenvalue weighted by atomic mass is 9.85. The summed E-state index contributed by atoms with van der Waals surface area (Å²) in [4.78, 5) is 12.1. The van der Waals surface area contributed by atoms with E-state index in [4.69, 9.17) is 5.11 Å². The second-order valence-electron chi connectivity index (χ2n) is 6.87. The van der Waals surface area contributed by atoms with Crippen LogP contribution in [0.2, 0.25) is 0 Å². The van der Waals surface area contributed by atoms with Gasteiger partial charge >= 0.3 is 0 Å². The maximum absolute atomic E-state index is 12.1. The first kappa shape index (κ1) is 20.6. The van der Waals surface area contributed by atoms with Crippen molar-refractivity contribution < 1.29 is 9.90 Å². The molecule has 1 atom stereocenters. The van der Waals surface area contributed by atoms with Gasteiger partial charge in [-0.1, -0.05) is 51.2 Å². The van der Waals surface area contributed by atoms with Gasteiger partial charge in [-0.25, -0.2) is 0 Å². The Bertz CT molecular complexity index is 496. The molecule has 1 aliphatic rings. The van der Waals surface area contributed by atoms with Gasteiger partial charge in [0, 0.05) is 13.0 Å². The normalized spacial score (nSPS) is 17.8. The molecule has 1 rings (SSSR count). The Kier molecular flexibility index (Phi) is 10.4. The lowest BCUT2D eigenvalue weighted by Gasteiger charge is -2.19. The first-order valence-electron chi connectivity index (χ1n) is 9.62. The molecule has 0 amide bonds. The second-order valence-corrected chi connectivity index (χ2v) is 6.87. The lowest BCUT2D eigenvalue weighted by Crippen LogP contribution is -2.08. The molecule has 0 saturated heterocycles. The number of unbranched alkanes of at least 4 members (excludes halogenated alkanes) is 1. The van der Waals surface area contributed by atoms with Crippen molar-refractivity contribution in [1.82, 2.24) is 0 Å². The van der Waals surface area contributed by atoms with E-state index in [9.17, 15) is 10.1 Å². The van der Waals surface area contributed by atoms with Crippen molar-refractivity contribution in [3.8, 4) is 6.07 Å². The van der Waals surface area contributed by atoms with Crippen molar-refractivity contribution in [3.63, 3.8) is 0 Å². The zero-order valence-corrected chi connectivity index (χ0v) is 15.4. The zero-order valence-electron chi connectivity index (χ0n) is 15.4. The largest absolute Gasteiger partial charge is 0.396 e. The Balaban J connectivity index is 2.74. The van der Waals surface area contributed by atoms with Crippen molar-refractivity contribution in [1.29, 1.82) is 5.26 Å². The Labute approximate surface area is 147 Å². The third-order valence-corrected chi connectivity index (χ3v) is 5.01. The standard InChI is InChI=1S/C21H33NO2/c1-3-5-8-17(4-2)12-13-18-9-6-10-19(15-18)20(16-22)21(24)11-7-14-23/h15,17,23H,3-14H2,1-2H3/b20-19-. The molecule has 24 heavy (non-hydrogen) atoms. The van der Waals surface area contributed by atoms with Gasteiger partial charge in [0.25, 0.3) is 0 Å². The van der Waals surface area contributed by atoms with Crippen LogP contribution < -0.4 is 0 Å². The lowest BCUT2D eigenvalue weighted by molar-refractivity contribution is -0.115. The molecule has 0 aromatic heterocycles. The number of carbonyl (C=O) groups excluding carboxylic acids is 1. The summed E-state index contributed by atoms with van der Waals surface area (Å²) in [5.74, 6) is 0.676. The molecular formula is C21H33NO2. The number of nitriles is 1. The van der Waals surface area contributed by atoms with Gasteiger partial charge in [0.15, 0.2) is 5.78 Å². The van der Waals surface area contributed by atoms with Crippen molar-refractivity contribution in [3.05, 3.63) is 22.8 Å². The highest BCUT2D eigenvalue weighted by Crippen LogP contribution is 2.30. The molecule has 0 aliphatic heterocycles. The van der Waals surface area contributed by atoms with E-state index < -0.39 is 0 Å². The maximum atomic E-state index is 12.1. The number of ketones is 1. The number of aliphatic hydroxyl groups is 1. The molecule has 0 fully saturated rings. The molecule has 0 bridgehead atoms. The summed E-state index contributed by atoms with van der Waals surface area (Å²) in [6.45, 7) is 4.51. The molecule has 3 nitrogen and oxygen atoms in total. The van der Waals surface area contributed by atoms with Crippen LogP contribution >= 0.6 is 0 Å². The zero-order chi connectivity index (χ0) is 17.8. The number of carbonyl (C=O) groups is 1. The van der Waals surface area contributed by atoms with E-state index in [0.717, 1.165) is 37.2 Å². The number of allylic oxidation sites excluding steroid dienone is 4. The molecule has 0 saturated carbocycles. The van der Waals surface area contributed by atoms with Crippen LogP contribution in [-0.4, -0.2) is 17.5 Å².